The van der Waals surface area contributed by atoms with Crippen molar-refractivity contribution < 1.29 is 0 Å². The highest BCUT2D eigenvalue weighted by molar-refractivity contribution is 5.35. The third kappa shape index (κ3) is 22.8. The van der Waals surface area contributed by atoms with Gasteiger partial charge in [0.2, 0.25) is 0 Å². The number of nitrogens with two attached hydrogens (primary N) is 1. The highest BCUT2D eigenvalue weighted by Gasteiger charge is 1.86. The summed E-state index contributed by atoms with van der Waals surface area (Å²) in [5.41, 5.74) is 4.85. The average Bonchev–Trinajstić information content (AvgIpc) is 1.99. The second kappa shape index (κ2) is 12.9. The molecule has 0 atom stereocenters. The molecule has 0 saturated heterocycles. The summed E-state index contributed by atoms with van der Waals surface area (Å²) in [6.45, 7) is 4.41. The molecule has 4 nitrogen and oxygen atoms in total. The van der Waals surface area contributed by atoms with Crippen LogP contribution in [-0.2, 0) is 0 Å². The summed E-state index contributed by atoms with van der Waals surface area (Å²) >= 11 is 0. The molecule has 12 heavy (non-hydrogen) atoms. The van der Waals surface area contributed by atoms with E-state index >= 15 is 0 Å². The Bertz CT molecular complexity index is 116. The van der Waals surface area contributed by atoms with E-state index in [0.29, 0.717) is 0 Å². The van der Waals surface area contributed by atoms with Gasteiger partial charge in [0, 0.05) is 0 Å². The van der Waals surface area contributed by atoms with Crippen molar-refractivity contribution in [3.05, 3.63) is 0 Å². The minimum Gasteiger partial charge on any atom is -0.331 e. The van der Waals surface area contributed by atoms with Crippen molar-refractivity contribution in [2.24, 2.45) is 10.7 Å². The first-order chi connectivity index (χ1) is 5.68. The van der Waals surface area contributed by atoms with Crippen LogP contribution in [0.15, 0.2) is 4.99 Å². The van der Waals surface area contributed by atoms with Gasteiger partial charge in [-0.3, -0.25) is 0 Å². The molecule has 0 heterocycles. The van der Waals surface area contributed by atoms with Gasteiger partial charge in [0.25, 0.3) is 0 Å². The van der Waals surface area contributed by atoms with Crippen LogP contribution in [-0.4, -0.2) is 44.6 Å². The Labute approximate surface area is 75.0 Å². The van der Waals surface area contributed by atoms with Crippen LogP contribution in [0.1, 0.15) is 13.3 Å². The second-order valence-corrected chi connectivity index (χ2v) is 2.56. The minimum atomic E-state index is 0.724. The van der Waals surface area contributed by atoms with Crippen molar-refractivity contribution in [3.8, 4) is 0 Å². The van der Waals surface area contributed by atoms with E-state index in [9.17, 15) is 0 Å². The molecule has 0 aromatic carbocycles. The molecule has 0 aliphatic heterocycles. The van der Waals surface area contributed by atoms with Crippen LogP contribution in [0.3, 0.4) is 0 Å². The third-order valence-corrected chi connectivity index (χ3v) is 0.954. The predicted octanol–water partition coefficient (Wildman–Crippen LogP) is 0.656. The normalized spacial score (nSPS) is 8.42. The molecule has 0 aliphatic carbocycles. The number of nitrogens with one attached hydrogen (secondary N) is 1. The monoisotopic (exact) mass is 172 g/mol. The summed E-state index contributed by atoms with van der Waals surface area (Å²) in [7, 11) is 4.04. The van der Waals surface area contributed by atoms with E-state index in [1.54, 1.807) is 0 Å². The topological polar surface area (TPSA) is 65.5 Å². The molecule has 0 aromatic rings. The largest absolute Gasteiger partial charge is 0.331 e. The van der Waals surface area contributed by atoms with Crippen LogP contribution >= 0.6 is 0 Å². The Balaban J connectivity index is 0. The second-order valence-electron chi connectivity index (χ2n) is 2.56. The molecular weight excluding hydrogens is 152 g/mol. The van der Waals surface area contributed by atoms with Gasteiger partial charge in [0.05, 0.1) is 12.6 Å². The third-order valence-electron chi connectivity index (χ3n) is 0.954. The fraction of sp³-hybridized carbons (Fsp3) is 0.875. The van der Waals surface area contributed by atoms with Gasteiger partial charge in [-0.2, -0.15) is 0 Å². The van der Waals surface area contributed by atoms with Crippen LogP contribution in [0.25, 0.3) is 0 Å². The van der Waals surface area contributed by atoms with Crippen LogP contribution in [0.5, 0.6) is 0 Å². The summed E-state index contributed by atoms with van der Waals surface area (Å²) < 4.78 is 0. The van der Waals surface area contributed by atoms with Gasteiger partial charge in [0.15, 0.2) is 0 Å². The van der Waals surface area contributed by atoms with Crippen LogP contribution < -0.4 is 5.73 Å². The molecule has 72 valence electrons. The fourth-order valence-corrected chi connectivity index (χ4v) is 0.522. The first-order valence-corrected chi connectivity index (χ1v) is 4.12. The van der Waals surface area contributed by atoms with E-state index < -0.39 is 0 Å². The van der Waals surface area contributed by atoms with Gasteiger partial charge in [-0.25, -0.2) is 10.4 Å². The summed E-state index contributed by atoms with van der Waals surface area (Å²) in [5.74, 6) is 0. The SMILES string of the molecule is CCN.CN(C)CCCN=C=N. The van der Waals surface area contributed by atoms with Crippen molar-refractivity contribution in [3.63, 3.8) is 0 Å². The highest BCUT2D eigenvalue weighted by atomic mass is 15.0. The van der Waals surface area contributed by atoms with Crippen molar-refractivity contribution in [1.29, 1.82) is 5.41 Å². The molecule has 0 saturated carbocycles. The summed E-state index contributed by atoms with van der Waals surface area (Å²) in [6.07, 6.45) is 1.01. The molecule has 0 aliphatic rings. The molecule has 0 amide bonds. The zero-order chi connectivity index (χ0) is 9.82. The smallest absolute Gasteiger partial charge is 0.0861 e. The Kier molecular flexibility index (Phi) is 14.9. The lowest BCUT2D eigenvalue weighted by atomic mass is 10.4. The standard InChI is InChI=1S/C6H13N3.C2H7N/c1-9(2)5-3-4-8-6-7;1-2-3/h7H,3-5H2,1-2H3;2-3H2,1H3. The summed E-state index contributed by atoms with van der Waals surface area (Å²) in [5, 5.41) is 6.46. The first-order valence-electron chi connectivity index (χ1n) is 4.12. The molecule has 0 spiro atoms. The van der Waals surface area contributed by atoms with Crippen LogP contribution in [0.2, 0.25) is 0 Å². The number of nitrogens with zero attached hydrogens (tertiary/aromatic N) is 2. The van der Waals surface area contributed by atoms with Crippen LogP contribution in [0.4, 0.5) is 0 Å². The lowest BCUT2D eigenvalue weighted by Crippen LogP contribution is -2.13. The van der Waals surface area contributed by atoms with Gasteiger partial charge in [0.1, 0.15) is 0 Å². The zero-order valence-corrected chi connectivity index (χ0v) is 8.30. The van der Waals surface area contributed by atoms with Gasteiger partial charge in [-0.05, 0) is 33.6 Å². The van der Waals surface area contributed by atoms with Crippen molar-refractivity contribution in [2.45, 2.75) is 13.3 Å². The minimum absolute atomic E-state index is 0.724. The molecule has 3 N–H and O–H groups in total. The molecular formula is C8H20N4. The average molecular weight is 172 g/mol. The molecule has 4 heteroatoms. The highest BCUT2D eigenvalue weighted by Crippen LogP contribution is 1.82. The van der Waals surface area contributed by atoms with E-state index in [4.69, 9.17) is 11.1 Å². The summed E-state index contributed by atoms with van der Waals surface area (Å²) in [4.78, 5) is 5.73. The van der Waals surface area contributed by atoms with E-state index in [1.807, 2.05) is 27.0 Å². The maximum Gasteiger partial charge on any atom is 0.0861 e. The lowest BCUT2D eigenvalue weighted by Gasteiger charge is -2.05. The number of rotatable bonds is 4. The van der Waals surface area contributed by atoms with E-state index in [0.717, 1.165) is 26.1 Å². The van der Waals surface area contributed by atoms with Crippen molar-refractivity contribution in [1.82, 2.24) is 4.90 Å². The molecule has 0 unspecified atom stereocenters. The number of hydrogen-bond donors (Lipinski definition) is 2. The Morgan fingerprint density at radius 2 is 2.00 bits per heavy atom. The summed E-state index contributed by atoms with van der Waals surface area (Å²) in [6, 6.07) is 2.00. The zero-order valence-electron chi connectivity index (χ0n) is 8.30. The maximum absolute atomic E-state index is 6.46. The maximum atomic E-state index is 6.46. The van der Waals surface area contributed by atoms with Gasteiger partial charge >= 0.3 is 0 Å². The van der Waals surface area contributed by atoms with Crippen molar-refractivity contribution in [2.75, 3.05) is 33.7 Å². The van der Waals surface area contributed by atoms with Gasteiger partial charge in [-0.15, -0.1) is 0 Å². The van der Waals surface area contributed by atoms with Crippen molar-refractivity contribution >= 4 is 6.01 Å². The predicted molar refractivity (Wildman–Crippen MR) is 52.9 cm³/mol. The molecule has 0 aromatic heterocycles. The number of aliphatic imine (C=N–C) groups is 1. The first kappa shape index (κ1) is 13.9. The molecule has 0 fully saturated rings. The van der Waals surface area contributed by atoms with Crippen LogP contribution in [0, 0.1) is 5.41 Å². The van der Waals surface area contributed by atoms with E-state index in [1.165, 1.54) is 0 Å². The quantitative estimate of drug-likeness (QED) is 0.483. The van der Waals surface area contributed by atoms with Gasteiger partial charge < -0.3 is 10.6 Å². The fourth-order valence-electron chi connectivity index (χ4n) is 0.522. The van der Waals surface area contributed by atoms with Gasteiger partial charge in [-0.1, -0.05) is 6.92 Å². The van der Waals surface area contributed by atoms with E-state index in [2.05, 4.69) is 9.89 Å². The lowest BCUT2D eigenvalue weighted by molar-refractivity contribution is 0.403. The van der Waals surface area contributed by atoms with E-state index in [-0.39, 0.29) is 0 Å². The Hall–Kier alpha value is -0.700. The molecule has 0 rings (SSSR count). The Morgan fingerprint density at radius 1 is 1.50 bits per heavy atom. The Morgan fingerprint density at radius 3 is 2.33 bits per heavy atom. The molecule has 0 radical (unpaired) electrons. The molecule has 0 bridgehead atoms. The number of hydrogen-bond acceptors (Lipinski definition) is 4.